The summed E-state index contributed by atoms with van der Waals surface area (Å²) in [6, 6.07) is 17.3. The SMILES string of the molecule is O=C(N[C@@H](Cc1ccccc1)C(=O)Nc1ccc2[nH]c(=O)[nH]c2c1)c1cccs1. The number of thiophene rings is 1. The van der Waals surface area contributed by atoms with Gasteiger partial charge in [-0.05, 0) is 35.2 Å². The highest BCUT2D eigenvalue weighted by atomic mass is 32.1. The minimum absolute atomic E-state index is 0.290. The van der Waals surface area contributed by atoms with Crippen LogP contribution in [-0.2, 0) is 11.2 Å². The average Bonchev–Trinajstić information content (AvgIpc) is 3.37. The average molecular weight is 406 g/mol. The van der Waals surface area contributed by atoms with Gasteiger partial charge >= 0.3 is 5.69 Å². The zero-order valence-electron chi connectivity index (χ0n) is 15.3. The number of fused-ring (bicyclic) bond motifs is 1. The molecule has 0 unspecified atom stereocenters. The van der Waals surface area contributed by atoms with Crippen LogP contribution in [0.3, 0.4) is 0 Å². The number of hydrogen-bond donors (Lipinski definition) is 4. The van der Waals surface area contributed by atoms with E-state index in [2.05, 4.69) is 20.6 Å². The fourth-order valence-electron chi connectivity index (χ4n) is 3.04. The first-order valence-electron chi connectivity index (χ1n) is 9.00. The zero-order valence-corrected chi connectivity index (χ0v) is 16.1. The lowest BCUT2D eigenvalue weighted by Crippen LogP contribution is -2.45. The van der Waals surface area contributed by atoms with Gasteiger partial charge in [-0.15, -0.1) is 11.3 Å². The van der Waals surface area contributed by atoms with E-state index in [-0.39, 0.29) is 17.5 Å². The second kappa shape index (κ2) is 8.15. The van der Waals surface area contributed by atoms with Gasteiger partial charge in [0.25, 0.3) is 5.91 Å². The van der Waals surface area contributed by atoms with Crippen molar-refractivity contribution in [3.63, 3.8) is 0 Å². The number of anilines is 1. The third-order valence-corrected chi connectivity index (χ3v) is 5.30. The molecule has 0 saturated carbocycles. The monoisotopic (exact) mass is 406 g/mol. The van der Waals surface area contributed by atoms with Crippen molar-refractivity contribution in [2.75, 3.05) is 5.32 Å². The molecule has 2 aromatic carbocycles. The number of aromatic nitrogens is 2. The molecular formula is C21H18N4O3S. The summed E-state index contributed by atoms with van der Waals surface area (Å²) in [6.45, 7) is 0. The van der Waals surface area contributed by atoms with Crippen molar-refractivity contribution in [1.29, 1.82) is 0 Å². The number of carbonyl (C=O) groups is 2. The Hall–Kier alpha value is -3.65. The zero-order chi connectivity index (χ0) is 20.2. The predicted octanol–water partition coefficient (Wildman–Crippen LogP) is 2.90. The van der Waals surface area contributed by atoms with E-state index in [0.717, 1.165) is 5.56 Å². The third kappa shape index (κ3) is 4.44. The van der Waals surface area contributed by atoms with Crippen LogP contribution in [0.2, 0.25) is 0 Å². The van der Waals surface area contributed by atoms with Crippen molar-refractivity contribution in [3.05, 3.63) is 87.0 Å². The van der Waals surface area contributed by atoms with Gasteiger partial charge in [-0.2, -0.15) is 0 Å². The molecule has 2 aromatic heterocycles. The van der Waals surface area contributed by atoms with Crippen molar-refractivity contribution in [2.45, 2.75) is 12.5 Å². The quantitative estimate of drug-likeness (QED) is 0.395. The van der Waals surface area contributed by atoms with Crippen LogP contribution in [-0.4, -0.2) is 27.8 Å². The lowest BCUT2D eigenvalue weighted by Gasteiger charge is -2.18. The number of carbonyl (C=O) groups excluding carboxylic acids is 2. The molecule has 0 bridgehead atoms. The Bertz CT molecular complexity index is 1200. The molecule has 4 rings (SSSR count). The van der Waals surface area contributed by atoms with Gasteiger partial charge in [0.15, 0.2) is 0 Å². The van der Waals surface area contributed by atoms with Gasteiger partial charge in [-0.25, -0.2) is 4.79 Å². The summed E-state index contributed by atoms with van der Waals surface area (Å²) in [5.41, 5.74) is 2.40. The molecule has 0 aliphatic carbocycles. The number of rotatable bonds is 6. The van der Waals surface area contributed by atoms with Crippen molar-refractivity contribution in [3.8, 4) is 0 Å². The molecule has 2 heterocycles. The van der Waals surface area contributed by atoms with Gasteiger partial charge in [-0.1, -0.05) is 36.4 Å². The minimum Gasteiger partial charge on any atom is -0.339 e. The van der Waals surface area contributed by atoms with Crippen LogP contribution < -0.4 is 16.3 Å². The van der Waals surface area contributed by atoms with Crippen LogP contribution in [0.15, 0.2) is 70.8 Å². The topological polar surface area (TPSA) is 107 Å². The van der Waals surface area contributed by atoms with E-state index in [0.29, 0.717) is 28.0 Å². The van der Waals surface area contributed by atoms with Crippen LogP contribution in [0.4, 0.5) is 5.69 Å². The summed E-state index contributed by atoms with van der Waals surface area (Å²) >= 11 is 1.32. The fourth-order valence-corrected chi connectivity index (χ4v) is 3.66. The summed E-state index contributed by atoms with van der Waals surface area (Å²) in [5.74, 6) is -0.627. The highest BCUT2D eigenvalue weighted by Crippen LogP contribution is 2.16. The summed E-state index contributed by atoms with van der Waals surface area (Å²) < 4.78 is 0. The highest BCUT2D eigenvalue weighted by Gasteiger charge is 2.22. The van der Waals surface area contributed by atoms with Gasteiger partial charge in [0.05, 0.1) is 15.9 Å². The molecule has 2 amide bonds. The molecule has 0 spiro atoms. The molecule has 0 aliphatic heterocycles. The maximum atomic E-state index is 13.0. The Morgan fingerprint density at radius 3 is 2.52 bits per heavy atom. The van der Waals surface area contributed by atoms with Gasteiger partial charge in [0.1, 0.15) is 6.04 Å². The molecule has 8 heteroatoms. The van der Waals surface area contributed by atoms with E-state index < -0.39 is 6.04 Å². The van der Waals surface area contributed by atoms with E-state index in [9.17, 15) is 14.4 Å². The van der Waals surface area contributed by atoms with Gasteiger partial charge in [0.2, 0.25) is 5.91 Å². The van der Waals surface area contributed by atoms with Crippen LogP contribution in [0, 0.1) is 0 Å². The number of H-pyrrole nitrogens is 2. The van der Waals surface area contributed by atoms with E-state index in [1.807, 2.05) is 35.7 Å². The van der Waals surface area contributed by atoms with Gasteiger partial charge in [-0.3, -0.25) is 9.59 Å². The maximum absolute atomic E-state index is 13.0. The van der Waals surface area contributed by atoms with Crippen molar-refractivity contribution >= 4 is 39.9 Å². The number of amides is 2. The second-order valence-corrected chi connectivity index (χ2v) is 7.47. The van der Waals surface area contributed by atoms with Crippen LogP contribution in [0.5, 0.6) is 0 Å². The Balaban J connectivity index is 1.55. The first-order chi connectivity index (χ1) is 14.1. The van der Waals surface area contributed by atoms with Gasteiger partial charge in [0, 0.05) is 12.1 Å². The Morgan fingerprint density at radius 2 is 1.76 bits per heavy atom. The molecule has 0 radical (unpaired) electrons. The first kappa shape index (κ1) is 18.7. The Labute approximate surface area is 169 Å². The number of nitrogens with one attached hydrogen (secondary N) is 4. The van der Waals surface area contributed by atoms with Crippen LogP contribution >= 0.6 is 11.3 Å². The molecule has 0 aliphatic rings. The molecule has 29 heavy (non-hydrogen) atoms. The minimum atomic E-state index is -0.757. The van der Waals surface area contributed by atoms with Crippen molar-refractivity contribution in [1.82, 2.24) is 15.3 Å². The third-order valence-electron chi connectivity index (χ3n) is 4.43. The molecule has 7 nitrogen and oxygen atoms in total. The first-order valence-corrected chi connectivity index (χ1v) is 9.88. The lowest BCUT2D eigenvalue weighted by molar-refractivity contribution is -0.118. The van der Waals surface area contributed by atoms with Crippen LogP contribution in [0.1, 0.15) is 15.2 Å². The Morgan fingerprint density at radius 1 is 0.966 bits per heavy atom. The van der Waals surface area contributed by atoms with E-state index in [1.165, 1.54) is 11.3 Å². The number of imidazole rings is 1. The van der Waals surface area contributed by atoms with Crippen molar-refractivity contribution < 1.29 is 9.59 Å². The summed E-state index contributed by atoms with van der Waals surface area (Å²) in [4.78, 5) is 42.8. The summed E-state index contributed by atoms with van der Waals surface area (Å²) in [5, 5.41) is 7.47. The molecule has 4 aromatic rings. The van der Waals surface area contributed by atoms with Crippen molar-refractivity contribution in [2.24, 2.45) is 0 Å². The summed E-state index contributed by atoms with van der Waals surface area (Å²) in [6.07, 6.45) is 0.354. The molecule has 1 atom stereocenters. The maximum Gasteiger partial charge on any atom is 0.323 e. The van der Waals surface area contributed by atoms with E-state index >= 15 is 0 Å². The van der Waals surface area contributed by atoms with E-state index in [1.54, 1.807) is 30.3 Å². The highest BCUT2D eigenvalue weighted by molar-refractivity contribution is 7.12. The Kier molecular flexibility index (Phi) is 5.26. The molecule has 4 N–H and O–H groups in total. The van der Waals surface area contributed by atoms with Crippen LogP contribution in [0.25, 0.3) is 11.0 Å². The van der Waals surface area contributed by atoms with E-state index in [4.69, 9.17) is 0 Å². The lowest BCUT2D eigenvalue weighted by atomic mass is 10.0. The van der Waals surface area contributed by atoms with Gasteiger partial charge < -0.3 is 20.6 Å². The molecule has 0 fully saturated rings. The normalized spacial score (nSPS) is 11.9. The smallest absolute Gasteiger partial charge is 0.323 e. The molecule has 0 saturated heterocycles. The number of hydrogen-bond acceptors (Lipinski definition) is 4. The molecular weight excluding hydrogens is 388 g/mol. The number of aromatic amines is 2. The molecule has 146 valence electrons. The summed E-state index contributed by atoms with van der Waals surface area (Å²) in [7, 11) is 0. The standard InChI is InChI=1S/C21H18N4O3S/c26-19(22-14-8-9-15-16(12-14)25-21(28)24-15)17(11-13-5-2-1-3-6-13)23-20(27)18-7-4-10-29-18/h1-10,12,17H,11H2,(H,22,26)(H,23,27)(H2,24,25,28)/t17-/m0/s1. The second-order valence-electron chi connectivity index (χ2n) is 6.52. The largest absolute Gasteiger partial charge is 0.339 e. The predicted molar refractivity (Wildman–Crippen MR) is 113 cm³/mol. The fraction of sp³-hybridized carbons (Fsp3) is 0.0952. The number of benzene rings is 2.